The van der Waals surface area contributed by atoms with Gasteiger partial charge in [0.25, 0.3) is 0 Å². The zero-order valence-corrected chi connectivity index (χ0v) is 13.4. The quantitative estimate of drug-likeness (QED) is 0.852. The van der Waals surface area contributed by atoms with Gasteiger partial charge in [0.1, 0.15) is 5.82 Å². The average molecular weight is 307 g/mol. The molecule has 0 aromatic carbocycles. The Bertz CT molecular complexity index is 545. The maximum absolute atomic E-state index is 12.4. The molecule has 0 unspecified atom stereocenters. The van der Waals surface area contributed by atoms with Crippen LogP contribution in [0.25, 0.3) is 0 Å². The van der Waals surface area contributed by atoms with Crippen LogP contribution < -0.4 is 5.32 Å². The van der Waals surface area contributed by atoms with E-state index in [2.05, 4.69) is 20.1 Å². The number of aryl methyl sites for hydroxylation is 1. The number of aliphatic hydroxyl groups is 1. The fourth-order valence-electron chi connectivity index (χ4n) is 2.93. The van der Waals surface area contributed by atoms with Gasteiger partial charge in [0.2, 0.25) is 0 Å². The lowest BCUT2D eigenvalue weighted by molar-refractivity contribution is 0.0444. The van der Waals surface area contributed by atoms with E-state index in [4.69, 9.17) is 0 Å². The summed E-state index contributed by atoms with van der Waals surface area (Å²) in [7, 11) is 0. The van der Waals surface area contributed by atoms with E-state index in [-0.39, 0.29) is 12.1 Å². The molecule has 2 aliphatic rings. The van der Waals surface area contributed by atoms with Crippen LogP contribution in [0.15, 0.2) is 0 Å². The monoisotopic (exact) mass is 307 g/mol. The zero-order chi connectivity index (χ0) is 15.7. The molecule has 0 bridgehead atoms. The molecule has 1 aliphatic heterocycles. The Kier molecular flexibility index (Phi) is 4.08. The molecule has 1 aromatic heterocycles. The highest BCUT2D eigenvalue weighted by Gasteiger charge is 2.35. The first-order valence-corrected chi connectivity index (χ1v) is 8.12. The van der Waals surface area contributed by atoms with Gasteiger partial charge >= 0.3 is 6.03 Å². The topological polar surface area (TPSA) is 83.3 Å². The Morgan fingerprint density at radius 2 is 2.18 bits per heavy atom. The maximum atomic E-state index is 12.4. The lowest BCUT2D eigenvalue weighted by Gasteiger charge is -2.29. The lowest BCUT2D eigenvalue weighted by Crippen LogP contribution is -2.48. The van der Waals surface area contributed by atoms with Crippen LogP contribution in [-0.2, 0) is 19.5 Å². The molecule has 122 valence electrons. The third-order valence-corrected chi connectivity index (χ3v) is 4.14. The molecular weight excluding hydrogens is 282 g/mol. The molecule has 7 heteroatoms. The summed E-state index contributed by atoms with van der Waals surface area (Å²) in [5.74, 6) is 1.84. The number of hydrogen-bond donors (Lipinski definition) is 2. The highest BCUT2D eigenvalue weighted by atomic mass is 16.3. The van der Waals surface area contributed by atoms with Crippen LogP contribution in [0.1, 0.15) is 51.2 Å². The van der Waals surface area contributed by atoms with Crippen molar-refractivity contribution in [1.82, 2.24) is 25.0 Å². The Morgan fingerprint density at radius 1 is 1.41 bits per heavy atom. The van der Waals surface area contributed by atoms with Crippen molar-refractivity contribution < 1.29 is 9.90 Å². The number of amides is 2. The SMILES string of the molecule is CC(C)(O)CN(C(=O)NCc1nnc2n1CCCC2)C1CC1. The average Bonchev–Trinajstić information content (AvgIpc) is 3.22. The predicted octanol–water partition coefficient (Wildman–Crippen LogP) is 1.06. The fourth-order valence-corrected chi connectivity index (χ4v) is 2.93. The van der Waals surface area contributed by atoms with Crippen molar-refractivity contribution in [3.63, 3.8) is 0 Å². The van der Waals surface area contributed by atoms with E-state index in [1.54, 1.807) is 18.7 Å². The van der Waals surface area contributed by atoms with Crippen molar-refractivity contribution >= 4 is 6.03 Å². The smallest absolute Gasteiger partial charge is 0.318 e. The van der Waals surface area contributed by atoms with Crippen LogP contribution in [0.5, 0.6) is 0 Å². The Labute approximate surface area is 130 Å². The first-order valence-electron chi connectivity index (χ1n) is 8.12. The number of hydrogen-bond acceptors (Lipinski definition) is 4. The van der Waals surface area contributed by atoms with Crippen LogP contribution in [0.2, 0.25) is 0 Å². The van der Waals surface area contributed by atoms with Gasteiger partial charge < -0.3 is 19.9 Å². The molecule has 0 atom stereocenters. The largest absolute Gasteiger partial charge is 0.389 e. The maximum Gasteiger partial charge on any atom is 0.318 e. The Hall–Kier alpha value is -1.63. The Morgan fingerprint density at radius 3 is 2.86 bits per heavy atom. The van der Waals surface area contributed by atoms with Crippen molar-refractivity contribution in [3.8, 4) is 0 Å². The summed E-state index contributed by atoms with van der Waals surface area (Å²) in [5, 5.41) is 21.3. The zero-order valence-electron chi connectivity index (χ0n) is 13.4. The van der Waals surface area contributed by atoms with E-state index in [0.29, 0.717) is 13.1 Å². The minimum atomic E-state index is -0.881. The van der Waals surface area contributed by atoms with Gasteiger partial charge in [0, 0.05) is 19.0 Å². The molecule has 3 rings (SSSR count). The molecule has 1 fully saturated rings. The van der Waals surface area contributed by atoms with Gasteiger partial charge in [0.05, 0.1) is 18.7 Å². The molecule has 0 saturated heterocycles. The van der Waals surface area contributed by atoms with E-state index >= 15 is 0 Å². The molecule has 1 aromatic rings. The summed E-state index contributed by atoms with van der Waals surface area (Å²) in [6.07, 6.45) is 5.30. The van der Waals surface area contributed by atoms with Gasteiger partial charge in [-0.15, -0.1) is 10.2 Å². The van der Waals surface area contributed by atoms with E-state index in [1.807, 2.05) is 0 Å². The molecule has 2 N–H and O–H groups in total. The second kappa shape index (κ2) is 5.87. The van der Waals surface area contributed by atoms with Crippen LogP contribution in [0, 0.1) is 0 Å². The number of fused-ring (bicyclic) bond motifs is 1. The van der Waals surface area contributed by atoms with E-state index < -0.39 is 5.60 Å². The van der Waals surface area contributed by atoms with E-state index in [1.165, 1.54) is 0 Å². The highest BCUT2D eigenvalue weighted by molar-refractivity contribution is 5.75. The normalized spacial score (nSPS) is 18.0. The summed E-state index contributed by atoms with van der Waals surface area (Å²) in [6, 6.07) is 0.136. The summed E-state index contributed by atoms with van der Waals surface area (Å²) in [4.78, 5) is 14.2. The summed E-state index contributed by atoms with van der Waals surface area (Å²) in [6.45, 7) is 5.13. The molecular formula is C15H25N5O2. The summed E-state index contributed by atoms with van der Waals surface area (Å²) < 4.78 is 2.11. The van der Waals surface area contributed by atoms with Crippen molar-refractivity contribution in [1.29, 1.82) is 0 Å². The van der Waals surface area contributed by atoms with Crippen molar-refractivity contribution in [3.05, 3.63) is 11.6 Å². The molecule has 22 heavy (non-hydrogen) atoms. The first kappa shape index (κ1) is 15.3. The standard InChI is InChI=1S/C15H25N5O2/c1-15(2,22)10-20(11-6-7-11)14(21)16-9-13-18-17-12-5-3-4-8-19(12)13/h11,22H,3-10H2,1-2H3,(H,16,21). The number of carbonyl (C=O) groups excluding carboxylic acids is 1. The van der Waals surface area contributed by atoms with Crippen LogP contribution in [0.3, 0.4) is 0 Å². The summed E-state index contributed by atoms with van der Waals surface area (Å²) in [5.41, 5.74) is -0.881. The third-order valence-electron chi connectivity index (χ3n) is 4.14. The van der Waals surface area contributed by atoms with Gasteiger partial charge in [0.15, 0.2) is 5.82 Å². The molecule has 2 heterocycles. The number of nitrogens with zero attached hydrogens (tertiary/aromatic N) is 4. The minimum absolute atomic E-state index is 0.127. The van der Waals surface area contributed by atoms with Gasteiger partial charge in [-0.3, -0.25) is 0 Å². The van der Waals surface area contributed by atoms with Gasteiger partial charge in [-0.25, -0.2) is 4.79 Å². The molecule has 1 aliphatic carbocycles. The van der Waals surface area contributed by atoms with Crippen molar-refractivity contribution in [2.45, 2.75) is 70.7 Å². The number of rotatable bonds is 5. The molecule has 0 spiro atoms. The fraction of sp³-hybridized carbons (Fsp3) is 0.800. The second-order valence-electron chi connectivity index (χ2n) is 6.97. The molecule has 0 radical (unpaired) electrons. The minimum Gasteiger partial charge on any atom is -0.389 e. The van der Waals surface area contributed by atoms with E-state index in [0.717, 1.165) is 50.3 Å². The predicted molar refractivity (Wildman–Crippen MR) is 81.2 cm³/mol. The van der Waals surface area contributed by atoms with E-state index in [9.17, 15) is 9.90 Å². The highest BCUT2D eigenvalue weighted by Crippen LogP contribution is 2.28. The van der Waals surface area contributed by atoms with Crippen LogP contribution >= 0.6 is 0 Å². The number of carbonyl (C=O) groups is 1. The molecule has 7 nitrogen and oxygen atoms in total. The number of urea groups is 1. The second-order valence-corrected chi connectivity index (χ2v) is 6.97. The Balaban J connectivity index is 1.60. The van der Waals surface area contributed by atoms with Gasteiger partial charge in [-0.1, -0.05) is 0 Å². The number of nitrogens with one attached hydrogen (secondary N) is 1. The third kappa shape index (κ3) is 3.58. The van der Waals surface area contributed by atoms with Gasteiger partial charge in [-0.05, 0) is 39.5 Å². The lowest BCUT2D eigenvalue weighted by atomic mass is 10.1. The molecule has 2 amide bonds. The number of aromatic nitrogens is 3. The molecule has 1 saturated carbocycles. The van der Waals surface area contributed by atoms with Crippen molar-refractivity contribution in [2.24, 2.45) is 0 Å². The van der Waals surface area contributed by atoms with Gasteiger partial charge in [-0.2, -0.15) is 0 Å². The van der Waals surface area contributed by atoms with Crippen LogP contribution in [-0.4, -0.2) is 49.0 Å². The van der Waals surface area contributed by atoms with Crippen molar-refractivity contribution in [2.75, 3.05) is 6.54 Å². The first-order chi connectivity index (χ1) is 10.4. The summed E-state index contributed by atoms with van der Waals surface area (Å²) >= 11 is 0. The van der Waals surface area contributed by atoms with Crippen LogP contribution in [0.4, 0.5) is 4.79 Å².